The van der Waals surface area contributed by atoms with Crippen molar-refractivity contribution in [2.45, 2.75) is 51.6 Å². The van der Waals surface area contributed by atoms with Gasteiger partial charge < -0.3 is 24.4 Å². The van der Waals surface area contributed by atoms with E-state index in [1.807, 2.05) is 57.2 Å². The van der Waals surface area contributed by atoms with Gasteiger partial charge in [0.15, 0.2) is 0 Å². The number of fused-ring (bicyclic) bond motifs is 1. The standard InChI is InChI=1S/C36H37F3N2O5/c1-35(2,3)46-34(43)41-21-27(22-41)31(18-19-44-23-24-8-5-4-6-9-24)40-33(42)26-12-17-30-25(20-26)10-7-11-32(30)45-29-15-13-28(14-16-29)36(37,38)39/h4-17,20,27,31H,18-19,21-23H2,1-3H3,(H,40,42). The summed E-state index contributed by atoms with van der Waals surface area (Å²) >= 11 is 0. The van der Waals surface area contributed by atoms with Gasteiger partial charge in [0.05, 0.1) is 12.2 Å². The molecule has 4 aromatic rings. The van der Waals surface area contributed by atoms with E-state index in [0.717, 1.165) is 23.1 Å². The summed E-state index contributed by atoms with van der Waals surface area (Å²) in [6, 6.07) is 24.6. The van der Waals surface area contributed by atoms with Gasteiger partial charge in [0, 0.05) is 42.6 Å². The molecule has 0 radical (unpaired) electrons. The molecule has 1 aliphatic rings. The lowest BCUT2D eigenvalue weighted by Crippen LogP contribution is -2.59. The molecule has 1 unspecified atom stereocenters. The molecule has 0 aromatic heterocycles. The number of nitrogens with zero attached hydrogens (tertiary/aromatic N) is 1. The largest absolute Gasteiger partial charge is 0.457 e. The molecule has 10 heteroatoms. The molecule has 0 spiro atoms. The van der Waals surface area contributed by atoms with Crippen LogP contribution >= 0.6 is 0 Å². The summed E-state index contributed by atoms with van der Waals surface area (Å²) in [5.41, 5.74) is 0.145. The van der Waals surface area contributed by atoms with Crippen LogP contribution in [0.2, 0.25) is 0 Å². The molecule has 1 saturated heterocycles. The van der Waals surface area contributed by atoms with Crippen molar-refractivity contribution < 1.29 is 37.0 Å². The summed E-state index contributed by atoms with van der Waals surface area (Å²) in [4.78, 5) is 27.7. The predicted molar refractivity (Wildman–Crippen MR) is 169 cm³/mol. The van der Waals surface area contributed by atoms with Gasteiger partial charge in [0.2, 0.25) is 0 Å². The van der Waals surface area contributed by atoms with Gasteiger partial charge in [-0.25, -0.2) is 4.79 Å². The Morgan fingerprint density at radius 3 is 2.30 bits per heavy atom. The van der Waals surface area contributed by atoms with E-state index in [1.165, 1.54) is 12.1 Å². The summed E-state index contributed by atoms with van der Waals surface area (Å²) in [5, 5.41) is 4.60. The average molecular weight is 635 g/mol. The van der Waals surface area contributed by atoms with Crippen molar-refractivity contribution in [1.82, 2.24) is 10.2 Å². The van der Waals surface area contributed by atoms with Crippen molar-refractivity contribution in [3.63, 3.8) is 0 Å². The van der Waals surface area contributed by atoms with Crippen LogP contribution in [0.3, 0.4) is 0 Å². The minimum Gasteiger partial charge on any atom is -0.457 e. The molecule has 7 nitrogen and oxygen atoms in total. The molecule has 5 rings (SSSR count). The Morgan fingerprint density at radius 2 is 1.63 bits per heavy atom. The normalized spacial score (nSPS) is 14.4. The van der Waals surface area contributed by atoms with Gasteiger partial charge in [-0.1, -0.05) is 42.5 Å². The van der Waals surface area contributed by atoms with E-state index in [9.17, 15) is 22.8 Å². The van der Waals surface area contributed by atoms with Gasteiger partial charge in [-0.2, -0.15) is 13.2 Å². The molecular formula is C36H37F3N2O5. The number of amides is 2. The molecule has 2 amide bonds. The fourth-order valence-corrected chi connectivity index (χ4v) is 5.22. The first kappa shape index (κ1) is 32.8. The first-order valence-electron chi connectivity index (χ1n) is 15.1. The monoisotopic (exact) mass is 634 g/mol. The third kappa shape index (κ3) is 8.57. The number of hydrogen-bond acceptors (Lipinski definition) is 5. The van der Waals surface area contributed by atoms with E-state index in [4.69, 9.17) is 14.2 Å². The Morgan fingerprint density at radius 1 is 0.913 bits per heavy atom. The highest BCUT2D eigenvalue weighted by Gasteiger charge is 2.39. The molecule has 1 fully saturated rings. The molecule has 4 aromatic carbocycles. The summed E-state index contributed by atoms with van der Waals surface area (Å²) < 4.78 is 56.2. The smallest absolute Gasteiger partial charge is 0.416 e. The van der Waals surface area contributed by atoms with Gasteiger partial charge in [-0.15, -0.1) is 0 Å². The molecule has 1 heterocycles. The number of alkyl halides is 3. The Balaban J connectivity index is 1.26. The molecule has 46 heavy (non-hydrogen) atoms. The molecule has 0 bridgehead atoms. The number of halogens is 3. The van der Waals surface area contributed by atoms with Crippen molar-refractivity contribution in [3.8, 4) is 11.5 Å². The Bertz CT molecular complexity index is 1650. The molecule has 242 valence electrons. The van der Waals surface area contributed by atoms with E-state index >= 15 is 0 Å². The highest BCUT2D eigenvalue weighted by molar-refractivity contribution is 6.00. The predicted octanol–water partition coefficient (Wildman–Crippen LogP) is 8.22. The highest BCUT2D eigenvalue weighted by Crippen LogP contribution is 2.34. The summed E-state index contributed by atoms with van der Waals surface area (Å²) in [6.45, 7) is 7.26. The minimum atomic E-state index is -4.43. The second-order valence-electron chi connectivity index (χ2n) is 12.4. The number of hydrogen-bond donors (Lipinski definition) is 1. The number of likely N-dealkylation sites (tertiary alicyclic amines) is 1. The lowest BCUT2D eigenvalue weighted by molar-refractivity contribution is -0.137. The minimum absolute atomic E-state index is 0.0287. The first-order valence-corrected chi connectivity index (χ1v) is 15.1. The van der Waals surface area contributed by atoms with Crippen LogP contribution < -0.4 is 10.1 Å². The maximum atomic E-state index is 13.5. The zero-order valence-electron chi connectivity index (χ0n) is 26.0. The number of carbonyl (C=O) groups excluding carboxylic acids is 2. The van der Waals surface area contributed by atoms with Crippen molar-refractivity contribution >= 4 is 22.8 Å². The zero-order valence-corrected chi connectivity index (χ0v) is 26.0. The second kappa shape index (κ2) is 13.8. The van der Waals surface area contributed by atoms with Crippen molar-refractivity contribution in [2.24, 2.45) is 5.92 Å². The van der Waals surface area contributed by atoms with Gasteiger partial charge in [-0.3, -0.25) is 4.79 Å². The Hall–Kier alpha value is -4.57. The second-order valence-corrected chi connectivity index (χ2v) is 12.4. The molecule has 0 aliphatic carbocycles. The lowest BCUT2D eigenvalue weighted by atomic mass is 9.89. The van der Waals surface area contributed by atoms with Crippen LogP contribution in [0.5, 0.6) is 11.5 Å². The molecule has 1 N–H and O–H groups in total. The summed E-state index contributed by atoms with van der Waals surface area (Å²) in [6.07, 6.45) is -4.25. The van der Waals surface area contributed by atoms with Crippen LogP contribution in [0.15, 0.2) is 91.0 Å². The highest BCUT2D eigenvalue weighted by atomic mass is 19.4. The number of carbonyl (C=O) groups is 2. The Labute approximate surface area is 266 Å². The van der Waals surface area contributed by atoms with Gasteiger partial charge in [0.25, 0.3) is 5.91 Å². The SMILES string of the molecule is CC(C)(C)OC(=O)N1CC(C(CCOCc2ccccc2)NC(=O)c2ccc3c(Oc4ccc(C(F)(F)F)cc4)cccc3c2)C1. The molecule has 0 saturated carbocycles. The van der Waals surface area contributed by atoms with Crippen LogP contribution in [0.25, 0.3) is 10.8 Å². The van der Waals surface area contributed by atoms with Crippen LogP contribution in [-0.2, 0) is 22.3 Å². The van der Waals surface area contributed by atoms with Crippen LogP contribution in [0, 0.1) is 5.92 Å². The van der Waals surface area contributed by atoms with E-state index in [-0.39, 0.29) is 29.7 Å². The topological polar surface area (TPSA) is 77.1 Å². The van der Waals surface area contributed by atoms with Crippen LogP contribution in [-0.4, -0.2) is 48.2 Å². The number of ether oxygens (including phenoxy) is 3. The van der Waals surface area contributed by atoms with Crippen molar-refractivity contribution in [3.05, 3.63) is 108 Å². The third-order valence-corrected chi connectivity index (χ3v) is 7.64. The van der Waals surface area contributed by atoms with Gasteiger partial charge in [0.1, 0.15) is 17.1 Å². The van der Waals surface area contributed by atoms with Crippen LogP contribution in [0.1, 0.15) is 48.7 Å². The summed E-state index contributed by atoms with van der Waals surface area (Å²) in [5.74, 6) is 0.482. The summed E-state index contributed by atoms with van der Waals surface area (Å²) in [7, 11) is 0. The van der Waals surface area contributed by atoms with E-state index in [2.05, 4.69) is 5.32 Å². The fraction of sp³-hybridized carbons (Fsp3) is 0.333. The first-order chi connectivity index (χ1) is 21.9. The van der Waals surface area contributed by atoms with E-state index in [1.54, 1.807) is 35.2 Å². The molecule has 1 aliphatic heterocycles. The lowest BCUT2D eigenvalue weighted by Gasteiger charge is -2.43. The molecule has 1 atom stereocenters. The fourth-order valence-electron chi connectivity index (χ4n) is 5.22. The number of nitrogens with one attached hydrogen (secondary N) is 1. The van der Waals surface area contributed by atoms with Crippen LogP contribution in [0.4, 0.5) is 18.0 Å². The Kier molecular flexibility index (Phi) is 9.86. The van der Waals surface area contributed by atoms with E-state index < -0.39 is 17.3 Å². The van der Waals surface area contributed by atoms with Gasteiger partial charge in [-0.05, 0) is 86.7 Å². The van der Waals surface area contributed by atoms with Crippen molar-refractivity contribution in [1.29, 1.82) is 0 Å². The number of benzene rings is 4. The third-order valence-electron chi connectivity index (χ3n) is 7.64. The van der Waals surface area contributed by atoms with Crippen molar-refractivity contribution in [2.75, 3.05) is 19.7 Å². The number of rotatable bonds is 10. The van der Waals surface area contributed by atoms with E-state index in [0.29, 0.717) is 49.4 Å². The molecular weight excluding hydrogens is 597 g/mol. The van der Waals surface area contributed by atoms with Gasteiger partial charge >= 0.3 is 12.3 Å². The quantitative estimate of drug-likeness (QED) is 0.178. The zero-order chi connectivity index (χ0) is 32.9. The maximum Gasteiger partial charge on any atom is 0.416 e. The maximum absolute atomic E-state index is 13.5. The average Bonchev–Trinajstić information content (AvgIpc) is 2.97.